The smallest absolute Gasteiger partial charge is 0.261 e. The highest BCUT2D eigenvalue weighted by Gasteiger charge is 2.43. The van der Waals surface area contributed by atoms with E-state index in [4.69, 9.17) is 9.47 Å². The van der Waals surface area contributed by atoms with Crippen LogP contribution in [0.15, 0.2) is 17.5 Å². The predicted molar refractivity (Wildman–Crippen MR) is 90.8 cm³/mol. The lowest BCUT2D eigenvalue weighted by molar-refractivity contribution is -0.191. The Morgan fingerprint density at radius 1 is 1.33 bits per heavy atom. The van der Waals surface area contributed by atoms with Crippen LogP contribution in [0.4, 0.5) is 0 Å². The first kappa shape index (κ1) is 17.4. The Kier molecular flexibility index (Phi) is 5.53. The standard InChI is InChI=1S/C17H24N2O4S/c1-12-4-6-17(7-5-12)22-11-13(23-17)9-18-15(20)10-19-16(21)14-3-2-8-24-14/h2-3,8,12-13H,4-7,9-11H2,1H3,(H,18,20)(H,19,21). The Labute approximate surface area is 145 Å². The van der Waals surface area contributed by atoms with Gasteiger partial charge in [0, 0.05) is 19.4 Å². The minimum absolute atomic E-state index is 0.0348. The highest BCUT2D eigenvalue weighted by atomic mass is 32.1. The van der Waals surface area contributed by atoms with E-state index in [0.717, 1.165) is 31.6 Å². The first-order chi connectivity index (χ1) is 11.6. The van der Waals surface area contributed by atoms with Gasteiger partial charge in [0.1, 0.15) is 6.10 Å². The fraction of sp³-hybridized carbons (Fsp3) is 0.647. The number of ether oxygens (including phenoxy) is 2. The summed E-state index contributed by atoms with van der Waals surface area (Å²) >= 11 is 1.35. The van der Waals surface area contributed by atoms with Crippen LogP contribution in [0.1, 0.15) is 42.3 Å². The summed E-state index contributed by atoms with van der Waals surface area (Å²) in [6, 6.07) is 3.53. The quantitative estimate of drug-likeness (QED) is 0.849. The second kappa shape index (κ2) is 7.63. The van der Waals surface area contributed by atoms with Crippen LogP contribution in [0.25, 0.3) is 0 Å². The van der Waals surface area contributed by atoms with Crippen molar-refractivity contribution in [2.45, 2.75) is 44.5 Å². The summed E-state index contributed by atoms with van der Waals surface area (Å²) in [6.45, 7) is 3.14. The lowest BCUT2D eigenvalue weighted by atomic mass is 9.86. The van der Waals surface area contributed by atoms with Crippen molar-refractivity contribution < 1.29 is 19.1 Å². The molecule has 2 amide bonds. The van der Waals surface area contributed by atoms with Crippen LogP contribution in [-0.4, -0.2) is 43.4 Å². The topological polar surface area (TPSA) is 76.7 Å². The third-order valence-electron chi connectivity index (χ3n) is 4.63. The van der Waals surface area contributed by atoms with Crippen LogP contribution in [0.2, 0.25) is 0 Å². The number of hydrogen-bond acceptors (Lipinski definition) is 5. The SMILES string of the molecule is CC1CCC2(CC1)OCC(CNC(=O)CNC(=O)c1cccs1)O2. The summed E-state index contributed by atoms with van der Waals surface area (Å²) in [6.07, 6.45) is 3.97. The lowest BCUT2D eigenvalue weighted by Crippen LogP contribution is -2.41. The molecule has 24 heavy (non-hydrogen) atoms. The lowest BCUT2D eigenvalue weighted by Gasteiger charge is -2.34. The van der Waals surface area contributed by atoms with E-state index >= 15 is 0 Å². The van der Waals surface area contributed by atoms with Crippen molar-refractivity contribution in [1.29, 1.82) is 0 Å². The van der Waals surface area contributed by atoms with Gasteiger partial charge in [0.15, 0.2) is 5.79 Å². The summed E-state index contributed by atoms with van der Waals surface area (Å²) < 4.78 is 11.9. The largest absolute Gasteiger partial charge is 0.352 e. The molecule has 2 N–H and O–H groups in total. The Morgan fingerprint density at radius 3 is 2.83 bits per heavy atom. The minimum atomic E-state index is -0.435. The molecular formula is C17H24N2O4S. The fourth-order valence-corrected chi connectivity index (χ4v) is 3.77. The number of carbonyl (C=O) groups excluding carboxylic acids is 2. The molecule has 1 aromatic heterocycles. The zero-order valence-corrected chi connectivity index (χ0v) is 14.7. The van der Waals surface area contributed by atoms with Gasteiger partial charge in [0.25, 0.3) is 5.91 Å². The Bertz CT molecular complexity index is 567. The highest BCUT2D eigenvalue weighted by molar-refractivity contribution is 7.12. The van der Waals surface area contributed by atoms with Crippen LogP contribution in [-0.2, 0) is 14.3 Å². The van der Waals surface area contributed by atoms with Crippen molar-refractivity contribution in [1.82, 2.24) is 10.6 Å². The van der Waals surface area contributed by atoms with E-state index in [0.29, 0.717) is 18.0 Å². The molecule has 1 aliphatic carbocycles. The van der Waals surface area contributed by atoms with Crippen LogP contribution in [0.5, 0.6) is 0 Å². The molecule has 0 bridgehead atoms. The molecule has 1 aliphatic heterocycles. The molecule has 1 saturated heterocycles. The first-order valence-electron chi connectivity index (χ1n) is 8.46. The van der Waals surface area contributed by atoms with Gasteiger partial charge in [-0.05, 0) is 30.2 Å². The summed E-state index contributed by atoms with van der Waals surface area (Å²) in [7, 11) is 0. The van der Waals surface area contributed by atoms with E-state index in [1.165, 1.54) is 11.3 Å². The number of rotatable bonds is 5. The van der Waals surface area contributed by atoms with Gasteiger partial charge in [-0.3, -0.25) is 9.59 Å². The zero-order chi connectivity index (χ0) is 17.0. The Morgan fingerprint density at radius 2 is 2.12 bits per heavy atom. The maximum Gasteiger partial charge on any atom is 0.261 e. The molecule has 1 atom stereocenters. The van der Waals surface area contributed by atoms with Crippen LogP contribution in [0, 0.1) is 5.92 Å². The van der Waals surface area contributed by atoms with Crippen LogP contribution < -0.4 is 10.6 Å². The second-order valence-corrected chi connectivity index (χ2v) is 7.56. The third kappa shape index (κ3) is 4.34. The van der Waals surface area contributed by atoms with Gasteiger partial charge >= 0.3 is 0 Å². The summed E-state index contributed by atoms with van der Waals surface area (Å²) in [4.78, 5) is 24.2. The molecule has 0 radical (unpaired) electrons. The van der Waals surface area contributed by atoms with E-state index in [1.54, 1.807) is 12.1 Å². The van der Waals surface area contributed by atoms with E-state index in [2.05, 4.69) is 17.6 Å². The van der Waals surface area contributed by atoms with Gasteiger partial charge in [-0.15, -0.1) is 11.3 Å². The number of nitrogens with one attached hydrogen (secondary N) is 2. The molecular weight excluding hydrogens is 328 g/mol. The number of thiophene rings is 1. The molecule has 132 valence electrons. The molecule has 1 spiro atoms. The second-order valence-electron chi connectivity index (χ2n) is 6.61. The number of hydrogen-bond donors (Lipinski definition) is 2. The van der Waals surface area contributed by atoms with Gasteiger partial charge in [-0.25, -0.2) is 0 Å². The highest BCUT2D eigenvalue weighted by Crippen LogP contribution is 2.39. The normalized spacial score (nSPS) is 29.5. The molecule has 7 heteroatoms. The number of carbonyl (C=O) groups is 2. The van der Waals surface area contributed by atoms with Gasteiger partial charge < -0.3 is 20.1 Å². The Balaban J connectivity index is 1.36. The van der Waals surface area contributed by atoms with Crippen molar-refractivity contribution in [2.24, 2.45) is 5.92 Å². The maximum atomic E-state index is 11.9. The van der Waals surface area contributed by atoms with Gasteiger partial charge in [0.05, 0.1) is 18.0 Å². The van der Waals surface area contributed by atoms with Crippen LogP contribution >= 0.6 is 11.3 Å². The van der Waals surface area contributed by atoms with Crippen molar-refractivity contribution >= 4 is 23.2 Å². The molecule has 1 saturated carbocycles. The molecule has 0 aromatic carbocycles. The first-order valence-corrected chi connectivity index (χ1v) is 9.34. The average molecular weight is 352 g/mol. The summed E-state index contributed by atoms with van der Waals surface area (Å²) in [5, 5.41) is 7.24. The molecule has 2 aliphatic rings. The average Bonchev–Trinajstić information content (AvgIpc) is 3.24. The van der Waals surface area contributed by atoms with Crippen molar-refractivity contribution in [3.63, 3.8) is 0 Å². The monoisotopic (exact) mass is 352 g/mol. The predicted octanol–water partition coefficient (Wildman–Crippen LogP) is 1.92. The maximum absolute atomic E-state index is 11.9. The van der Waals surface area contributed by atoms with Crippen LogP contribution in [0.3, 0.4) is 0 Å². The van der Waals surface area contributed by atoms with Gasteiger partial charge in [0.2, 0.25) is 5.91 Å². The van der Waals surface area contributed by atoms with Gasteiger partial charge in [-0.1, -0.05) is 13.0 Å². The summed E-state index contributed by atoms with van der Waals surface area (Å²) in [5.41, 5.74) is 0. The fourth-order valence-electron chi connectivity index (χ4n) is 3.13. The van der Waals surface area contributed by atoms with Crippen molar-refractivity contribution in [2.75, 3.05) is 19.7 Å². The molecule has 3 rings (SSSR count). The molecule has 1 aromatic rings. The van der Waals surface area contributed by atoms with Crippen molar-refractivity contribution in [3.05, 3.63) is 22.4 Å². The molecule has 1 unspecified atom stereocenters. The summed E-state index contributed by atoms with van der Waals surface area (Å²) in [5.74, 6) is -0.152. The Hall–Kier alpha value is -1.44. The van der Waals surface area contributed by atoms with Gasteiger partial charge in [-0.2, -0.15) is 0 Å². The van der Waals surface area contributed by atoms with E-state index in [1.807, 2.05) is 5.38 Å². The number of amides is 2. The van der Waals surface area contributed by atoms with E-state index in [9.17, 15) is 9.59 Å². The van der Waals surface area contributed by atoms with E-state index in [-0.39, 0.29) is 24.5 Å². The minimum Gasteiger partial charge on any atom is -0.352 e. The third-order valence-corrected chi connectivity index (χ3v) is 5.50. The molecule has 6 nitrogen and oxygen atoms in total. The molecule has 2 heterocycles. The van der Waals surface area contributed by atoms with Crippen molar-refractivity contribution in [3.8, 4) is 0 Å². The van der Waals surface area contributed by atoms with E-state index < -0.39 is 5.79 Å². The zero-order valence-electron chi connectivity index (χ0n) is 13.9. The molecule has 2 fully saturated rings.